The number of aryl methyl sites for hydroxylation is 3. The highest BCUT2D eigenvalue weighted by molar-refractivity contribution is 6.31. The highest BCUT2D eigenvalue weighted by Crippen LogP contribution is 2.22. The summed E-state index contributed by atoms with van der Waals surface area (Å²) in [4.78, 5) is 4.34. The van der Waals surface area contributed by atoms with E-state index in [-0.39, 0.29) is 6.04 Å². The lowest BCUT2D eigenvalue weighted by atomic mass is 10.0. The fourth-order valence-corrected chi connectivity index (χ4v) is 2.62. The number of rotatable bonds is 7. The molecule has 2 aromatic heterocycles. The van der Waals surface area contributed by atoms with Crippen molar-refractivity contribution in [1.29, 1.82) is 0 Å². The Morgan fingerprint density at radius 2 is 2.24 bits per heavy atom. The van der Waals surface area contributed by atoms with Crippen molar-refractivity contribution in [3.63, 3.8) is 0 Å². The molecule has 2 heterocycles. The fourth-order valence-electron chi connectivity index (χ4n) is 2.41. The van der Waals surface area contributed by atoms with Crippen molar-refractivity contribution in [2.75, 3.05) is 0 Å². The van der Waals surface area contributed by atoms with Gasteiger partial charge in [0, 0.05) is 30.9 Å². The molecular weight excluding hydrogens is 286 g/mol. The molecule has 0 bridgehead atoms. The molecule has 0 aliphatic heterocycles. The molecule has 0 aromatic carbocycles. The van der Waals surface area contributed by atoms with E-state index >= 15 is 0 Å². The lowest BCUT2D eigenvalue weighted by Gasteiger charge is -2.16. The van der Waals surface area contributed by atoms with Crippen LogP contribution in [-0.4, -0.2) is 20.8 Å². The molecule has 0 fully saturated rings. The average molecular weight is 308 g/mol. The minimum Gasteiger partial charge on any atom is -0.271 e. The van der Waals surface area contributed by atoms with E-state index in [1.54, 1.807) is 0 Å². The summed E-state index contributed by atoms with van der Waals surface area (Å²) in [5, 5.41) is 5.18. The molecule has 21 heavy (non-hydrogen) atoms. The third-order valence-corrected chi connectivity index (χ3v) is 4.10. The number of halogens is 1. The lowest BCUT2D eigenvalue weighted by molar-refractivity contribution is 0.469. The topological polar surface area (TPSA) is 68.8 Å². The van der Waals surface area contributed by atoms with E-state index in [2.05, 4.69) is 22.4 Å². The minimum atomic E-state index is 0.144. The van der Waals surface area contributed by atoms with Crippen molar-refractivity contribution in [2.24, 2.45) is 5.84 Å². The SMILES string of the molecule is CCn1nc(C)c(Cl)c1CC(CCc1ccccn1)NN. The zero-order valence-electron chi connectivity index (χ0n) is 12.5. The second-order valence-electron chi connectivity index (χ2n) is 5.09. The molecule has 0 amide bonds. The first kappa shape index (κ1) is 15.9. The van der Waals surface area contributed by atoms with Crippen LogP contribution in [0.2, 0.25) is 5.02 Å². The number of nitrogens with two attached hydrogens (primary N) is 1. The summed E-state index contributed by atoms with van der Waals surface area (Å²) in [6.07, 6.45) is 4.35. The van der Waals surface area contributed by atoms with Crippen LogP contribution < -0.4 is 11.3 Å². The van der Waals surface area contributed by atoms with Crippen LogP contribution in [0.15, 0.2) is 24.4 Å². The molecule has 1 unspecified atom stereocenters. The first-order valence-corrected chi connectivity index (χ1v) is 7.61. The molecule has 6 heteroatoms. The van der Waals surface area contributed by atoms with Gasteiger partial charge in [0.05, 0.1) is 16.4 Å². The van der Waals surface area contributed by atoms with E-state index in [0.29, 0.717) is 0 Å². The van der Waals surface area contributed by atoms with Crippen LogP contribution in [0.4, 0.5) is 0 Å². The third-order valence-electron chi connectivity index (χ3n) is 3.60. The molecule has 3 N–H and O–H groups in total. The summed E-state index contributed by atoms with van der Waals surface area (Å²) < 4.78 is 1.95. The van der Waals surface area contributed by atoms with E-state index in [1.165, 1.54) is 0 Å². The van der Waals surface area contributed by atoms with E-state index in [9.17, 15) is 0 Å². The van der Waals surface area contributed by atoms with E-state index in [0.717, 1.165) is 47.9 Å². The Labute approximate surface area is 130 Å². The van der Waals surface area contributed by atoms with Crippen molar-refractivity contribution in [3.05, 3.63) is 46.5 Å². The van der Waals surface area contributed by atoms with Crippen LogP contribution in [0.25, 0.3) is 0 Å². The second kappa shape index (κ2) is 7.54. The van der Waals surface area contributed by atoms with Gasteiger partial charge in [-0.1, -0.05) is 17.7 Å². The predicted octanol–water partition coefficient (Wildman–Crippen LogP) is 2.27. The molecule has 0 saturated carbocycles. The maximum atomic E-state index is 6.35. The van der Waals surface area contributed by atoms with Crippen LogP contribution in [0.5, 0.6) is 0 Å². The van der Waals surface area contributed by atoms with Crippen molar-refractivity contribution in [3.8, 4) is 0 Å². The standard InChI is InChI=1S/C15H22ClN5/c1-3-21-14(15(16)11(2)20-21)10-13(19-17)8-7-12-6-4-5-9-18-12/h4-6,9,13,19H,3,7-8,10,17H2,1-2H3. The van der Waals surface area contributed by atoms with Crippen LogP contribution in [0, 0.1) is 6.92 Å². The van der Waals surface area contributed by atoms with Crippen LogP contribution >= 0.6 is 11.6 Å². The number of aromatic nitrogens is 3. The maximum Gasteiger partial charge on any atom is 0.0847 e. The number of pyridine rings is 1. The smallest absolute Gasteiger partial charge is 0.0847 e. The largest absolute Gasteiger partial charge is 0.271 e. The van der Waals surface area contributed by atoms with Gasteiger partial charge in [0.25, 0.3) is 0 Å². The minimum absolute atomic E-state index is 0.144. The van der Waals surface area contributed by atoms with Crippen LogP contribution in [0.1, 0.15) is 30.4 Å². The molecule has 0 radical (unpaired) electrons. The number of nitrogens with zero attached hydrogens (tertiary/aromatic N) is 3. The van der Waals surface area contributed by atoms with Crippen molar-refractivity contribution >= 4 is 11.6 Å². The van der Waals surface area contributed by atoms with Gasteiger partial charge < -0.3 is 0 Å². The van der Waals surface area contributed by atoms with Gasteiger partial charge in [-0.2, -0.15) is 5.10 Å². The average Bonchev–Trinajstić information content (AvgIpc) is 2.79. The highest BCUT2D eigenvalue weighted by atomic mass is 35.5. The summed E-state index contributed by atoms with van der Waals surface area (Å²) >= 11 is 6.35. The quantitative estimate of drug-likeness (QED) is 0.608. The monoisotopic (exact) mass is 307 g/mol. The van der Waals surface area contributed by atoms with E-state index in [4.69, 9.17) is 17.4 Å². The van der Waals surface area contributed by atoms with Crippen LogP contribution in [0.3, 0.4) is 0 Å². The maximum absolute atomic E-state index is 6.35. The summed E-state index contributed by atoms with van der Waals surface area (Å²) in [6.45, 7) is 4.79. The van der Waals surface area contributed by atoms with Gasteiger partial charge in [-0.15, -0.1) is 0 Å². The Kier molecular flexibility index (Phi) is 5.73. The van der Waals surface area contributed by atoms with Gasteiger partial charge in [-0.3, -0.25) is 20.9 Å². The van der Waals surface area contributed by atoms with Gasteiger partial charge in [0.15, 0.2) is 0 Å². The van der Waals surface area contributed by atoms with E-state index in [1.807, 2.05) is 36.0 Å². The molecule has 0 aliphatic rings. The Balaban J connectivity index is 2.02. The predicted molar refractivity (Wildman–Crippen MR) is 85.0 cm³/mol. The molecule has 114 valence electrons. The summed E-state index contributed by atoms with van der Waals surface area (Å²) in [6, 6.07) is 6.09. The molecule has 1 atom stereocenters. The van der Waals surface area contributed by atoms with Crippen molar-refractivity contribution in [1.82, 2.24) is 20.2 Å². The lowest BCUT2D eigenvalue weighted by Crippen LogP contribution is -2.37. The summed E-state index contributed by atoms with van der Waals surface area (Å²) in [5.74, 6) is 5.69. The Morgan fingerprint density at radius 1 is 1.43 bits per heavy atom. The Morgan fingerprint density at radius 3 is 2.86 bits per heavy atom. The van der Waals surface area contributed by atoms with Gasteiger partial charge in [0.2, 0.25) is 0 Å². The van der Waals surface area contributed by atoms with Crippen molar-refractivity contribution < 1.29 is 0 Å². The molecule has 0 spiro atoms. The molecular formula is C15H22ClN5. The van der Waals surface area contributed by atoms with Gasteiger partial charge in [-0.25, -0.2) is 0 Å². The Bertz CT molecular complexity index is 567. The first-order valence-electron chi connectivity index (χ1n) is 7.23. The number of hydrogen-bond donors (Lipinski definition) is 2. The number of hydrogen-bond acceptors (Lipinski definition) is 4. The molecule has 2 rings (SSSR count). The zero-order valence-corrected chi connectivity index (χ0v) is 13.3. The summed E-state index contributed by atoms with van der Waals surface area (Å²) in [7, 11) is 0. The third kappa shape index (κ3) is 4.03. The fraction of sp³-hybridized carbons (Fsp3) is 0.467. The number of hydrazine groups is 1. The second-order valence-corrected chi connectivity index (χ2v) is 5.47. The number of nitrogens with one attached hydrogen (secondary N) is 1. The van der Waals surface area contributed by atoms with Gasteiger partial charge >= 0.3 is 0 Å². The van der Waals surface area contributed by atoms with Crippen LogP contribution in [-0.2, 0) is 19.4 Å². The molecule has 5 nitrogen and oxygen atoms in total. The van der Waals surface area contributed by atoms with E-state index < -0.39 is 0 Å². The molecule has 0 aliphatic carbocycles. The highest BCUT2D eigenvalue weighted by Gasteiger charge is 2.17. The Hall–Kier alpha value is -1.43. The zero-order chi connectivity index (χ0) is 15.2. The normalized spacial score (nSPS) is 12.6. The first-order chi connectivity index (χ1) is 10.2. The summed E-state index contributed by atoms with van der Waals surface area (Å²) in [5.41, 5.74) is 5.87. The van der Waals surface area contributed by atoms with Gasteiger partial charge in [-0.05, 0) is 38.8 Å². The molecule has 0 saturated heterocycles. The van der Waals surface area contributed by atoms with Crippen molar-refractivity contribution in [2.45, 2.75) is 45.7 Å². The molecule has 2 aromatic rings. The van der Waals surface area contributed by atoms with Gasteiger partial charge in [0.1, 0.15) is 0 Å².